The van der Waals surface area contributed by atoms with Crippen molar-refractivity contribution in [2.45, 2.75) is 31.2 Å². The Kier molecular flexibility index (Phi) is 3.29. The number of likely N-dealkylation sites (tertiary alicyclic amines) is 1. The maximum Gasteiger partial charge on any atom is 0.210 e. The summed E-state index contributed by atoms with van der Waals surface area (Å²) in [5, 5.41) is 0. The molecule has 1 aliphatic heterocycles. The third-order valence-corrected chi connectivity index (χ3v) is 2.83. The molecule has 1 fully saturated rings. The molecule has 0 spiro atoms. The van der Waals surface area contributed by atoms with E-state index in [4.69, 9.17) is 0 Å². The first-order valence-corrected chi connectivity index (χ1v) is 4.73. The van der Waals surface area contributed by atoms with Crippen LogP contribution >= 0.6 is 0 Å². The lowest BCUT2D eigenvalue weighted by molar-refractivity contribution is -0.121. The van der Waals surface area contributed by atoms with Crippen molar-refractivity contribution in [1.82, 2.24) is 4.90 Å². The highest BCUT2D eigenvalue weighted by Gasteiger charge is 2.37. The molecule has 0 unspecified atom stereocenters. The van der Waals surface area contributed by atoms with Gasteiger partial charge >= 0.3 is 0 Å². The predicted octanol–water partition coefficient (Wildman–Crippen LogP) is 2.13. The third kappa shape index (κ3) is 1.82. The third-order valence-electron chi connectivity index (χ3n) is 2.83. The number of nitrogens with zero attached hydrogens (tertiary/aromatic N) is 1. The molecule has 0 aromatic carbocycles. The van der Waals surface area contributed by atoms with E-state index in [2.05, 4.69) is 13.2 Å². The molecule has 1 saturated heterocycles. The smallest absolute Gasteiger partial charge is 0.210 e. The lowest BCUT2D eigenvalue weighted by atomic mass is 9.88. The van der Waals surface area contributed by atoms with Gasteiger partial charge in [0.25, 0.3) is 0 Å². The van der Waals surface area contributed by atoms with Crippen LogP contribution < -0.4 is 0 Å². The minimum atomic E-state index is -0.00868. The molecule has 0 N–H and O–H groups in total. The molecule has 0 aromatic rings. The number of carbonyl (C=O) groups is 1. The molecule has 0 radical (unpaired) electrons. The second-order valence-electron chi connectivity index (χ2n) is 3.61. The normalized spacial score (nSPS) is 19.8. The molecule has 1 rings (SSSR count). The molecule has 0 bridgehead atoms. The van der Waals surface area contributed by atoms with Crippen molar-refractivity contribution < 1.29 is 4.79 Å². The fourth-order valence-corrected chi connectivity index (χ4v) is 2.18. The Hall–Kier alpha value is -1.05. The Morgan fingerprint density at radius 2 is 1.92 bits per heavy atom. The zero-order valence-electron chi connectivity index (χ0n) is 8.04. The van der Waals surface area contributed by atoms with Gasteiger partial charge in [-0.3, -0.25) is 4.79 Å². The van der Waals surface area contributed by atoms with Crippen LogP contribution in [0.3, 0.4) is 0 Å². The summed E-state index contributed by atoms with van der Waals surface area (Å²) in [7, 11) is 0. The van der Waals surface area contributed by atoms with E-state index in [9.17, 15) is 4.79 Å². The maximum absolute atomic E-state index is 10.8. The van der Waals surface area contributed by atoms with Crippen molar-refractivity contribution >= 4 is 6.41 Å². The number of hydrogen-bond donors (Lipinski definition) is 0. The molecule has 72 valence electrons. The number of amides is 1. The standard InChI is InChI=1S/C11H17NO/c1-3-6-11(7-4-2)8-5-9-12(11)10-13/h3-4,10H,1-2,5-9H2. The summed E-state index contributed by atoms with van der Waals surface area (Å²) in [5.74, 6) is 0. The van der Waals surface area contributed by atoms with E-state index in [1.165, 1.54) is 0 Å². The molecule has 1 heterocycles. The van der Waals surface area contributed by atoms with Gasteiger partial charge in [-0.2, -0.15) is 0 Å². The Morgan fingerprint density at radius 1 is 1.31 bits per heavy atom. The lowest BCUT2D eigenvalue weighted by Crippen LogP contribution is -2.42. The highest BCUT2D eigenvalue weighted by molar-refractivity contribution is 5.50. The minimum absolute atomic E-state index is 0.00868. The van der Waals surface area contributed by atoms with E-state index in [0.29, 0.717) is 0 Å². The van der Waals surface area contributed by atoms with Gasteiger partial charge in [0.15, 0.2) is 0 Å². The Balaban J connectivity index is 2.79. The van der Waals surface area contributed by atoms with Crippen LogP contribution in [0.1, 0.15) is 25.7 Å². The monoisotopic (exact) mass is 179 g/mol. The summed E-state index contributed by atoms with van der Waals surface area (Å²) in [6.07, 6.45) is 8.66. The van der Waals surface area contributed by atoms with Crippen molar-refractivity contribution in [1.29, 1.82) is 0 Å². The van der Waals surface area contributed by atoms with Crippen LogP contribution in [0.25, 0.3) is 0 Å². The van der Waals surface area contributed by atoms with Crippen molar-refractivity contribution in [3.8, 4) is 0 Å². The molecule has 0 aliphatic carbocycles. The van der Waals surface area contributed by atoms with E-state index in [1.54, 1.807) is 0 Å². The summed E-state index contributed by atoms with van der Waals surface area (Å²) in [6.45, 7) is 8.37. The van der Waals surface area contributed by atoms with Gasteiger partial charge in [0, 0.05) is 12.1 Å². The average molecular weight is 179 g/mol. The van der Waals surface area contributed by atoms with E-state index >= 15 is 0 Å². The number of carbonyl (C=O) groups excluding carboxylic acids is 1. The zero-order valence-corrected chi connectivity index (χ0v) is 8.04. The van der Waals surface area contributed by atoms with Gasteiger partial charge in [0.2, 0.25) is 6.41 Å². The highest BCUT2D eigenvalue weighted by atomic mass is 16.1. The Bertz CT molecular complexity index is 200. The molecule has 0 atom stereocenters. The average Bonchev–Trinajstić information content (AvgIpc) is 2.49. The van der Waals surface area contributed by atoms with Crippen molar-refractivity contribution in [3.05, 3.63) is 25.3 Å². The van der Waals surface area contributed by atoms with E-state index < -0.39 is 0 Å². The van der Waals surface area contributed by atoms with Gasteiger partial charge in [0.1, 0.15) is 0 Å². The van der Waals surface area contributed by atoms with Crippen LogP contribution in [0, 0.1) is 0 Å². The summed E-state index contributed by atoms with van der Waals surface area (Å²) in [4.78, 5) is 12.7. The maximum atomic E-state index is 10.8. The molecular weight excluding hydrogens is 162 g/mol. The fraction of sp³-hybridized carbons (Fsp3) is 0.545. The van der Waals surface area contributed by atoms with Gasteiger partial charge in [0.05, 0.1) is 0 Å². The lowest BCUT2D eigenvalue weighted by Gasteiger charge is -2.34. The molecule has 1 aliphatic rings. The van der Waals surface area contributed by atoms with Gasteiger partial charge in [-0.15, -0.1) is 13.2 Å². The summed E-state index contributed by atoms with van der Waals surface area (Å²) >= 11 is 0. The summed E-state index contributed by atoms with van der Waals surface area (Å²) in [6, 6.07) is 0. The first-order chi connectivity index (χ1) is 6.29. The van der Waals surface area contributed by atoms with Gasteiger partial charge in [-0.05, 0) is 25.7 Å². The number of hydrogen-bond acceptors (Lipinski definition) is 1. The molecule has 13 heavy (non-hydrogen) atoms. The van der Waals surface area contributed by atoms with E-state index in [0.717, 1.165) is 38.6 Å². The first-order valence-electron chi connectivity index (χ1n) is 4.73. The SMILES string of the molecule is C=CCC1(CC=C)CCCN1C=O. The molecule has 0 saturated carbocycles. The minimum Gasteiger partial charge on any atom is -0.339 e. The van der Waals surface area contributed by atoms with Crippen LogP contribution in [0.15, 0.2) is 25.3 Å². The van der Waals surface area contributed by atoms with Crippen LogP contribution in [-0.2, 0) is 4.79 Å². The molecule has 0 aromatic heterocycles. The van der Waals surface area contributed by atoms with Gasteiger partial charge in [-0.25, -0.2) is 0 Å². The second-order valence-corrected chi connectivity index (χ2v) is 3.61. The predicted molar refractivity (Wildman–Crippen MR) is 54.4 cm³/mol. The Morgan fingerprint density at radius 3 is 2.38 bits per heavy atom. The first kappa shape index (κ1) is 10.0. The topological polar surface area (TPSA) is 20.3 Å². The quantitative estimate of drug-likeness (QED) is 0.467. The van der Waals surface area contributed by atoms with Gasteiger partial charge < -0.3 is 4.90 Å². The van der Waals surface area contributed by atoms with Crippen molar-refractivity contribution in [2.24, 2.45) is 0 Å². The summed E-state index contributed by atoms with van der Waals surface area (Å²) < 4.78 is 0. The molecule has 2 nitrogen and oxygen atoms in total. The van der Waals surface area contributed by atoms with Crippen molar-refractivity contribution in [3.63, 3.8) is 0 Å². The van der Waals surface area contributed by atoms with E-state index in [-0.39, 0.29) is 5.54 Å². The Labute approximate surface area is 79.9 Å². The highest BCUT2D eigenvalue weighted by Crippen LogP contribution is 2.34. The number of rotatable bonds is 5. The second kappa shape index (κ2) is 4.26. The fourth-order valence-electron chi connectivity index (χ4n) is 2.18. The largest absolute Gasteiger partial charge is 0.339 e. The van der Waals surface area contributed by atoms with Crippen LogP contribution in [0.2, 0.25) is 0 Å². The van der Waals surface area contributed by atoms with Crippen LogP contribution in [-0.4, -0.2) is 23.4 Å². The van der Waals surface area contributed by atoms with Crippen LogP contribution in [0.5, 0.6) is 0 Å². The van der Waals surface area contributed by atoms with Crippen LogP contribution in [0.4, 0.5) is 0 Å². The zero-order chi connectivity index (χ0) is 9.73. The molecule has 1 amide bonds. The molecule has 2 heteroatoms. The van der Waals surface area contributed by atoms with Crippen molar-refractivity contribution in [2.75, 3.05) is 6.54 Å². The van der Waals surface area contributed by atoms with Gasteiger partial charge in [-0.1, -0.05) is 12.2 Å². The molecular formula is C11H17NO. The summed E-state index contributed by atoms with van der Waals surface area (Å²) in [5.41, 5.74) is -0.00868. The van der Waals surface area contributed by atoms with E-state index in [1.807, 2.05) is 17.1 Å².